The lowest BCUT2D eigenvalue weighted by Gasteiger charge is -2.36. The number of hydrogen-bond acceptors (Lipinski definition) is 5. The fourth-order valence-corrected chi connectivity index (χ4v) is 3.20. The number of aromatic nitrogens is 2. The van der Waals surface area contributed by atoms with Crippen molar-refractivity contribution >= 4 is 5.82 Å². The highest BCUT2D eigenvalue weighted by atomic mass is 16.5. The third-order valence-corrected chi connectivity index (χ3v) is 4.22. The van der Waals surface area contributed by atoms with E-state index in [2.05, 4.69) is 21.2 Å². The lowest BCUT2D eigenvalue weighted by molar-refractivity contribution is -0.0847. The molecule has 0 amide bonds. The fraction of sp³-hybridized carbons (Fsp3) is 0.733. The molecule has 0 saturated carbocycles. The van der Waals surface area contributed by atoms with Gasteiger partial charge in [0.15, 0.2) is 5.82 Å². The Hall–Kier alpha value is -1.20. The average Bonchev–Trinajstić information content (AvgIpc) is 2.89. The maximum absolute atomic E-state index is 6.17. The molecule has 5 nitrogen and oxygen atoms in total. The van der Waals surface area contributed by atoms with Crippen molar-refractivity contribution in [1.82, 2.24) is 10.2 Å². The van der Waals surface area contributed by atoms with Gasteiger partial charge in [-0.25, -0.2) is 0 Å². The molecule has 2 aliphatic rings. The first kappa shape index (κ1) is 13.8. The van der Waals surface area contributed by atoms with Gasteiger partial charge in [0, 0.05) is 13.2 Å². The number of hydrogen-bond donors (Lipinski definition) is 0. The molecule has 3 heterocycles. The summed E-state index contributed by atoms with van der Waals surface area (Å²) in [5, 5.41) is 8.48. The SMILES string of the molecule is CCOC[C@@H]1CC[C@H]2[C@H](CCN2c2ccc(C)nn2)O1. The summed E-state index contributed by atoms with van der Waals surface area (Å²) in [7, 11) is 0. The van der Waals surface area contributed by atoms with Crippen LogP contribution >= 0.6 is 0 Å². The molecule has 0 radical (unpaired) electrons. The molecule has 3 atom stereocenters. The second-order valence-electron chi connectivity index (χ2n) is 5.62. The van der Waals surface area contributed by atoms with E-state index >= 15 is 0 Å². The third-order valence-electron chi connectivity index (χ3n) is 4.22. The van der Waals surface area contributed by atoms with Gasteiger partial charge in [-0.2, -0.15) is 5.10 Å². The molecule has 5 heteroatoms. The maximum Gasteiger partial charge on any atom is 0.151 e. The van der Waals surface area contributed by atoms with E-state index < -0.39 is 0 Å². The first-order valence-corrected chi connectivity index (χ1v) is 7.58. The molecule has 0 bridgehead atoms. The Balaban J connectivity index is 1.63. The molecule has 0 aliphatic carbocycles. The fourth-order valence-electron chi connectivity index (χ4n) is 3.20. The monoisotopic (exact) mass is 277 g/mol. The van der Waals surface area contributed by atoms with E-state index in [1.165, 1.54) is 0 Å². The zero-order valence-corrected chi connectivity index (χ0v) is 12.3. The summed E-state index contributed by atoms with van der Waals surface area (Å²) in [5.74, 6) is 0.981. The molecule has 3 rings (SSSR count). The molecule has 1 aromatic heterocycles. The van der Waals surface area contributed by atoms with Crippen molar-refractivity contribution in [1.29, 1.82) is 0 Å². The Morgan fingerprint density at radius 3 is 2.95 bits per heavy atom. The van der Waals surface area contributed by atoms with Gasteiger partial charge in [0.1, 0.15) is 0 Å². The Labute approximate surface area is 120 Å². The zero-order valence-electron chi connectivity index (χ0n) is 12.3. The number of ether oxygens (including phenoxy) is 2. The molecule has 110 valence electrons. The van der Waals surface area contributed by atoms with Gasteiger partial charge in [-0.05, 0) is 45.2 Å². The predicted octanol–water partition coefficient (Wildman–Crippen LogP) is 1.95. The van der Waals surface area contributed by atoms with Crippen LogP contribution in [0.25, 0.3) is 0 Å². The van der Waals surface area contributed by atoms with Crippen molar-refractivity contribution in [2.75, 3.05) is 24.7 Å². The van der Waals surface area contributed by atoms with Crippen LogP contribution in [0.15, 0.2) is 12.1 Å². The number of aryl methyl sites for hydroxylation is 1. The summed E-state index contributed by atoms with van der Waals surface area (Å²) < 4.78 is 11.7. The lowest BCUT2D eigenvalue weighted by atomic mass is 9.99. The van der Waals surface area contributed by atoms with Crippen LogP contribution in [-0.4, -0.2) is 48.2 Å². The largest absolute Gasteiger partial charge is 0.379 e. The highest BCUT2D eigenvalue weighted by Crippen LogP contribution is 2.33. The molecule has 20 heavy (non-hydrogen) atoms. The zero-order chi connectivity index (χ0) is 13.9. The van der Waals surface area contributed by atoms with Gasteiger partial charge in [-0.1, -0.05) is 0 Å². The summed E-state index contributed by atoms with van der Waals surface area (Å²) >= 11 is 0. The van der Waals surface area contributed by atoms with Gasteiger partial charge < -0.3 is 14.4 Å². The molecule has 1 aromatic rings. The summed E-state index contributed by atoms with van der Waals surface area (Å²) in [6.07, 6.45) is 3.87. The van der Waals surface area contributed by atoms with Crippen molar-refractivity contribution in [2.45, 2.75) is 51.4 Å². The number of anilines is 1. The molecule has 2 aliphatic heterocycles. The number of nitrogens with zero attached hydrogens (tertiary/aromatic N) is 3. The summed E-state index contributed by atoms with van der Waals surface area (Å²) in [6.45, 7) is 6.49. The van der Waals surface area contributed by atoms with E-state index in [9.17, 15) is 0 Å². The Bertz CT molecular complexity index is 437. The number of fused-ring (bicyclic) bond motifs is 1. The first-order chi connectivity index (χ1) is 9.78. The predicted molar refractivity (Wildman–Crippen MR) is 76.9 cm³/mol. The van der Waals surface area contributed by atoms with E-state index in [4.69, 9.17) is 9.47 Å². The van der Waals surface area contributed by atoms with E-state index in [1.807, 2.05) is 19.9 Å². The quantitative estimate of drug-likeness (QED) is 0.842. The molecule has 0 aromatic carbocycles. The summed E-state index contributed by atoms with van der Waals surface area (Å²) in [5.41, 5.74) is 0.959. The van der Waals surface area contributed by atoms with Crippen LogP contribution < -0.4 is 4.90 Å². The molecule has 2 saturated heterocycles. The minimum absolute atomic E-state index is 0.264. The van der Waals surface area contributed by atoms with Gasteiger partial charge in [-0.15, -0.1) is 5.10 Å². The minimum Gasteiger partial charge on any atom is -0.379 e. The topological polar surface area (TPSA) is 47.5 Å². The standard InChI is InChI=1S/C15H23N3O2/c1-3-19-10-12-5-6-13-14(20-12)8-9-18(13)15-7-4-11(2)16-17-15/h4,7,12-14H,3,5-6,8-10H2,1-2H3/t12-,13-,14-/m0/s1. The maximum atomic E-state index is 6.17. The Morgan fingerprint density at radius 2 is 2.20 bits per heavy atom. The van der Waals surface area contributed by atoms with Crippen LogP contribution in [0.5, 0.6) is 0 Å². The van der Waals surface area contributed by atoms with Crippen LogP contribution in [0, 0.1) is 6.92 Å². The van der Waals surface area contributed by atoms with Gasteiger partial charge in [-0.3, -0.25) is 0 Å². The van der Waals surface area contributed by atoms with E-state index in [0.717, 1.165) is 50.5 Å². The second kappa shape index (κ2) is 6.06. The van der Waals surface area contributed by atoms with Crippen LogP contribution in [0.4, 0.5) is 5.82 Å². The normalized spacial score (nSPS) is 29.5. The molecule has 0 spiro atoms. The van der Waals surface area contributed by atoms with Crippen molar-refractivity contribution < 1.29 is 9.47 Å². The molecule has 2 fully saturated rings. The average molecular weight is 277 g/mol. The van der Waals surface area contributed by atoms with Gasteiger partial charge >= 0.3 is 0 Å². The van der Waals surface area contributed by atoms with E-state index in [0.29, 0.717) is 12.1 Å². The van der Waals surface area contributed by atoms with Crippen LogP contribution in [0.3, 0.4) is 0 Å². The van der Waals surface area contributed by atoms with Crippen molar-refractivity contribution in [3.05, 3.63) is 17.8 Å². The highest BCUT2D eigenvalue weighted by Gasteiger charge is 2.40. The van der Waals surface area contributed by atoms with Crippen LogP contribution in [-0.2, 0) is 9.47 Å². The number of rotatable bonds is 4. The van der Waals surface area contributed by atoms with Crippen LogP contribution in [0.2, 0.25) is 0 Å². The first-order valence-electron chi connectivity index (χ1n) is 7.58. The van der Waals surface area contributed by atoms with Crippen LogP contribution in [0.1, 0.15) is 31.9 Å². The highest BCUT2D eigenvalue weighted by molar-refractivity contribution is 5.41. The molecule has 0 N–H and O–H groups in total. The summed E-state index contributed by atoms with van der Waals surface area (Å²) in [4.78, 5) is 2.36. The van der Waals surface area contributed by atoms with Gasteiger partial charge in [0.25, 0.3) is 0 Å². The third kappa shape index (κ3) is 2.79. The summed E-state index contributed by atoms with van der Waals surface area (Å²) in [6, 6.07) is 4.54. The van der Waals surface area contributed by atoms with Crippen molar-refractivity contribution in [3.63, 3.8) is 0 Å². The Kier molecular flexibility index (Phi) is 4.17. The van der Waals surface area contributed by atoms with Crippen molar-refractivity contribution in [3.8, 4) is 0 Å². The van der Waals surface area contributed by atoms with Gasteiger partial charge in [0.2, 0.25) is 0 Å². The lowest BCUT2D eigenvalue weighted by Crippen LogP contribution is -2.44. The molecule has 0 unspecified atom stereocenters. The molecular formula is C15H23N3O2. The van der Waals surface area contributed by atoms with Crippen molar-refractivity contribution in [2.24, 2.45) is 0 Å². The smallest absolute Gasteiger partial charge is 0.151 e. The van der Waals surface area contributed by atoms with E-state index in [-0.39, 0.29) is 6.10 Å². The molecular weight excluding hydrogens is 254 g/mol. The second-order valence-corrected chi connectivity index (χ2v) is 5.62. The van der Waals surface area contributed by atoms with Gasteiger partial charge in [0.05, 0.1) is 30.6 Å². The Morgan fingerprint density at radius 1 is 1.30 bits per heavy atom. The van der Waals surface area contributed by atoms with E-state index in [1.54, 1.807) is 0 Å². The minimum atomic E-state index is 0.264.